The maximum Gasteiger partial charge on any atom is 0.251 e. The van der Waals surface area contributed by atoms with E-state index in [0.29, 0.717) is 12.1 Å². The fourth-order valence-electron chi connectivity index (χ4n) is 2.21. The number of nitrogens with one attached hydrogen (secondary N) is 1. The van der Waals surface area contributed by atoms with Gasteiger partial charge in [-0.25, -0.2) is 0 Å². The number of benzene rings is 1. The van der Waals surface area contributed by atoms with Crippen LogP contribution in [0.15, 0.2) is 24.3 Å². The van der Waals surface area contributed by atoms with Crippen molar-refractivity contribution in [2.75, 3.05) is 6.54 Å². The standard InChI is InChI=1S/C13H16INO2/c14-11-5-1-3-9(7-11)13(17)15-8-10-4-2-6-12(10)16/h1,3,5,7,10,12,16H,2,4,6,8H2,(H,15,17). The molecule has 0 heterocycles. The molecule has 0 aromatic heterocycles. The fraction of sp³-hybridized carbons (Fsp3) is 0.462. The predicted molar refractivity (Wildman–Crippen MR) is 74.8 cm³/mol. The van der Waals surface area contributed by atoms with Crippen LogP contribution >= 0.6 is 22.6 Å². The zero-order valence-corrected chi connectivity index (χ0v) is 11.7. The third-order valence-corrected chi connectivity index (χ3v) is 3.90. The van der Waals surface area contributed by atoms with E-state index in [-0.39, 0.29) is 17.9 Å². The molecule has 2 rings (SSSR count). The smallest absolute Gasteiger partial charge is 0.251 e. The Hall–Kier alpha value is -0.620. The summed E-state index contributed by atoms with van der Waals surface area (Å²) in [5.41, 5.74) is 0.685. The largest absolute Gasteiger partial charge is 0.393 e. The van der Waals surface area contributed by atoms with Crippen molar-refractivity contribution >= 4 is 28.5 Å². The summed E-state index contributed by atoms with van der Waals surface area (Å²) in [6, 6.07) is 7.50. The topological polar surface area (TPSA) is 49.3 Å². The van der Waals surface area contributed by atoms with E-state index < -0.39 is 0 Å². The average Bonchev–Trinajstić information content (AvgIpc) is 2.72. The van der Waals surface area contributed by atoms with Crippen molar-refractivity contribution in [2.45, 2.75) is 25.4 Å². The minimum Gasteiger partial charge on any atom is -0.393 e. The molecular formula is C13H16INO2. The lowest BCUT2D eigenvalue weighted by atomic mass is 10.1. The van der Waals surface area contributed by atoms with Gasteiger partial charge in [0.15, 0.2) is 0 Å². The molecular weight excluding hydrogens is 329 g/mol. The molecule has 0 spiro atoms. The molecule has 2 atom stereocenters. The molecule has 0 bridgehead atoms. The molecule has 0 saturated heterocycles. The second-order valence-electron chi connectivity index (χ2n) is 4.48. The Bertz CT molecular complexity index is 408. The van der Waals surface area contributed by atoms with E-state index in [1.165, 1.54) is 0 Å². The van der Waals surface area contributed by atoms with Crippen molar-refractivity contribution in [3.63, 3.8) is 0 Å². The highest BCUT2D eigenvalue weighted by atomic mass is 127. The van der Waals surface area contributed by atoms with Crippen LogP contribution in [0.5, 0.6) is 0 Å². The number of carbonyl (C=O) groups excluding carboxylic acids is 1. The van der Waals surface area contributed by atoms with Crippen LogP contribution in [0.2, 0.25) is 0 Å². The zero-order valence-electron chi connectivity index (χ0n) is 9.53. The van der Waals surface area contributed by atoms with Gasteiger partial charge in [0.2, 0.25) is 0 Å². The summed E-state index contributed by atoms with van der Waals surface area (Å²) in [6.45, 7) is 0.575. The third-order valence-electron chi connectivity index (χ3n) is 3.23. The predicted octanol–water partition coefficient (Wildman–Crippen LogP) is 2.18. The number of carbonyl (C=O) groups is 1. The summed E-state index contributed by atoms with van der Waals surface area (Å²) in [6.07, 6.45) is 2.69. The molecule has 17 heavy (non-hydrogen) atoms. The van der Waals surface area contributed by atoms with Gasteiger partial charge in [-0.15, -0.1) is 0 Å². The summed E-state index contributed by atoms with van der Waals surface area (Å²) in [5.74, 6) is 0.171. The molecule has 1 amide bonds. The van der Waals surface area contributed by atoms with Crippen LogP contribution in [-0.2, 0) is 0 Å². The highest BCUT2D eigenvalue weighted by Crippen LogP contribution is 2.24. The summed E-state index contributed by atoms with van der Waals surface area (Å²) in [4.78, 5) is 11.9. The summed E-state index contributed by atoms with van der Waals surface area (Å²) in [7, 11) is 0. The van der Waals surface area contributed by atoms with Crippen LogP contribution < -0.4 is 5.32 Å². The van der Waals surface area contributed by atoms with Crippen molar-refractivity contribution in [2.24, 2.45) is 5.92 Å². The van der Waals surface area contributed by atoms with E-state index in [9.17, 15) is 9.90 Å². The number of aliphatic hydroxyl groups excluding tert-OH is 1. The van der Waals surface area contributed by atoms with Gasteiger partial charge in [-0.1, -0.05) is 12.5 Å². The van der Waals surface area contributed by atoms with Gasteiger partial charge in [-0.3, -0.25) is 4.79 Å². The second kappa shape index (κ2) is 5.82. The van der Waals surface area contributed by atoms with Crippen molar-refractivity contribution in [1.29, 1.82) is 0 Å². The molecule has 2 N–H and O–H groups in total. The molecule has 92 valence electrons. The first-order valence-electron chi connectivity index (χ1n) is 5.88. The number of aliphatic hydroxyl groups is 1. The lowest BCUT2D eigenvalue weighted by Crippen LogP contribution is -2.32. The van der Waals surface area contributed by atoms with E-state index in [1.807, 2.05) is 24.3 Å². The highest BCUT2D eigenvalue weighted by molar-refractivity contribution is 14.1. The maximum atomic E-state index is 11.9. The lowest BCUT2D eigenvalue weighted by molar-refractivity contribution is 0.0916. The SMILES string of the molecule is O=C(NCC1CCCC1O)c1cccc(I)c1. The molecule has 1 aromatic rings. The normalized spacial score (nSPS) is 23.6. The molecule has 3 nitrogen and oxygen atoms in total. The van der Waals surface area contributed by atoms with Crippen LogP contribution in [0.4, 0.5) is 0 Å². The highest BCUT2D eigenvalue weighted by Gasteiger charge is 2.25. The Morgan fingerprint density at radius 3 is 2.94 bits per heavy atom. The number of halogens is 1. The fourth-order valence-corrected chi connectivity index (χ4v) is 2.75. The molecule has 1 aliphatic rings. The molecule has 0 radical (unpaired) electrons. The molecule has 0 aliphatic heterocycles. The zero-order chi connectivity index (χ0) is 12.3. The van der Waals surface area contributed by atoms with Gasteiger partial charge in [0.05, 0.1) is 6.10 Å². The maximum absolute atomic E-state index is 11.9. The van der Waals surface area contributed by atoms with Gasteiger partial charge < -0.3 is 10.4 Å². The first-order valence-corrected chi connectivity index (χ1v) is 6.96. The number of hydrogen-bond acceptors (Lipinski definition) is 2. The van der Waals surface area contributed by atoms with Crippen molar-refractivity contribution in [1.82, 2.24) is 5.32 Å². The molecule has 1 fully saturated rings. The van der Waals surface area contributed by atoms with Crippen molar-refractivity contribution in [3.8, 4) is 0 Å². The number of hydrogen-bond donors (Lipinski definition) is 2. The van der Waals surface area contributed by atoms with E-state index >= 15 is 0 Å². The van der Waals surface area contributed by atoms with Crippen LogP contribution in [0.25, 0.3) is 0 Å². The minimum absolute atomic E-state index is 0.0531. The molecule has 1 aromatic carbocycles. The van der Waals surface area contributed by atoms with Crippen LogP contribution in [0, 0.1) is 9.49 Å². The van der Waals surface area contributed by atoms with Gasteiger partial charge in [0.25, 0.3) is 5.91 Å². The Morgan fingerprint density at radius 1 is 1.47 bits per heavy atom. The monoisotopic (exact) mass is 345 g/mol. The van der Waals surface area contributed by atoms with Gasteiger partial charge in [-0.2, -0.15) is 0 Å². The van der Waals surface area contributed by atoms with Gasteiger partial charge in [0, 0.05) is 21.6 Å². The van der Waals surface area contributed by atoms with Gasteiger partial charge >= 0.3 is 0 Å². The van der Waals surface area contributed by atoms with Gasteiger partial charge in [-0.05, 0) is 53.6 Å². The second-order valence-corrected chi connectivity index (χ2v) is 5.72. The summed E-state index contributed by atoms with van der Waals surface area (Å²) >= 11 is 2.19. The average molecular weight is 345 g/mol. The van der Waals surface area contributed by atoms with E-state index in [1.54, 1.807) is 0 Å². The van der Waals surface area contributed by atoms with Crippen LogP contribution in [-0.4, -0.2) is 23.7 Å². The summed E-state index contributed by atoms with van der Waals surface area (Å²) < 4.78 is 1.05. The molecule has 1 aliphatic carbocycles. The summed E-state index contributed by atoms with van der Waals surface area (Å²) in [5, 5.41) is 12.6. The van der Waals surface area contributed by atoms with Gasteiger partial charge in [0.1, 0.15) is 0 Å². The Kier molecular flexibility index (Phi) is 4.39. The third kappa shape index (κ3) is 3.42. The molecule has 1 saturated carbocycles. The van der Waals surface area contributed by atoms with Crippen LogP contribution in [0.1, 0.15) is 29.6 Å². The quantitative estimate of drug-likeness (QED) is 0.825. The first kappa shape index (κ1) is 12.8. The van der Waals surface area contributed by atoms with E-state index in [2.05, 4.69) is 27.9 Å². The van der Waals surface area contributed by atoms with E-state index in [0.717, 1.165) is 22.8 Å². The van der Waals surface area contributed by atoms with Crippen molar-refractivity contribution < 1.29 is 9.90 Å². The van der Waals surface area contributed by atoms with Crippen molar-refractivity contribution in [3.05, 3.63) is 33.4 Å². The molecule has 2 unspecified atom stereocenters. The van der Waals surface area contributed by atoms with Crippen LogP contribution in [0.3, 0.4) is 0 Å². The minimum atomic E-state index is -0.244. The Morgan fingerprint density at radius 2 is 2.29 bits per heavy atom. The Balaban J connectivity index is 1.89. The lowest BCUT2D eigenvalue weighted by Gasteiger charge is -2.15. The molecule has 4 heteroatoms. The first-order chi connectivity index (χ1) is 8.16. The number of amides is 1. The number of rotatable bonds is 3. The van der Waals surface area contributed by atoms with E-state index in [4.69, 9.17) is 0 Å². The Labute approximate surface area is 115 Å².